The van der Waals surface area contributed by atoms with Crippen LogP contribution in [0.25, 0.3) is 11.0 Å². The van der Waals surface area contributed by atoms with Crippen LogP contribution in [0.15, 0.2) is 42.5 Å². The van der Waals surface area contributed by atoms with Crippen LogP contribution in [0.5, 0.6) is 0 Å². The van der Waals surface area contributed by atoms with Crippen LogP contribution in [0.2, 0.25) is 0 Å². The predicted octanol–water partition coefficient (Wildman–Crippen LogP) is 4.34. The second-order valence-corrected chi connectivity index (χ2v) is 8.25. The van der Waals surface area contributed by atoms with E-state index < -0.39 is 17.6 Å². The van der Waals surface area contributed by atoms with Gasteiger partial charge in [0.2, 0.25) is 5.95 Å². The summed E-state index contributed by atoms with van der Waals surface area (Å²) in [5.74, 6) is -0.477. The third kappa shape index (κ3) is 5.39. The summed E-state index contributed by atoms with van der Waals surface area (Å²) in [5.41, 5.74) is 1.57. The number of halogens is 3. The summed E-state index contributed by atoms with van der Waals surface area (Å²) < 4.78 is 46.0. The Morgan fingerprint density at radius 1 is 1.24 bits per heavy atom. The molecule has 1 aromatic heterocycles. The lowest BCUT2D eigenvalue weighted by Gasteiger charge is -2.12. The lowest BCUT2D eigenvalue weighted by Crippen LogP contribution is -2.17. The maximum absolute atomic E-state index is 13.1. The van der Waals surface area contributed by atoms with E-state index in [1.807, 2.05) is 18.2 Å². The zero-order chi connectivity index (χ0) is 24.3. The number of fused-ring (bicyclic) bond motifs is 1. The lowest BCUT2D eigenvalue weighted by atomic mass is 9.98. The van der Waals surface area contributed by atoms with Crippen LogP contribution in [0, 0.1) is 0 Å². The number of imidazole rings is 1. The van der Waals surface area contributed by atoms with Crippen LogP contribution in [-0.2, 0) is 22.3 Å². The molecular formula is C24H25F3N4O3. The molecule has 34 heavy (non-hydrogen) atoms. The van der Waals surface area contributed by atoms with Crippen molar-refractivity contribution >= 4 is 28.9 Å². The number of nitrogens with zero attached hydrogens (tertiary/aromatic N) is 2. The van der Waals surface area contributed by atoms with E-state index in [0.717, 1.165) is 42.7 Å². The van der Waals surface area contributed by atoms with Crippen molar-refractivity contribution < 1.29 is 27.5 Å². The number of amides is 1. The molecule has 2 N–H and O–H groups in total. The second kappa shape index (κ2) is 9.84. The fourth-order valence-corrected chi connectivity index (χ4v) is 4.11. The molecule has 10 heteroatoms. The van der Waals surface area contributed by atoms with E-state index in [2.05, 4.69) is 15.6 Å². The maximum Gasteiger partial charge on any atom is 0.416 e. The van der Waals surface area contributed by atoms with Gasteiger partial charge in [0.25, 0.3) is 5.91 Å². The van der Waals surface area contributed by atoms with E-state index in [-0.39, 0.29) is 24.1 Å². The fourth-order valence-electron chi connectivity index (χ4n) is 4.11. The molecule has 0 spiro atoms. The van der Waals surface area contributed by atoms with Gasteiger partial charge in [-0.15, -0.1) is 0 Å². The first kappa shape index (κ1) is 23.7. The third-order valence-corrected chi connectivity index (χ3v) is 5.81. The number of carbonyl (C=O) groups is 2. The van der Waals surface area contributed by atoms with Gasteiger partial charge in [0.1, 0.15) is 0 Å². The largest absolute Gasteiger partial charge is 0.466 e. The normalized spacial score (nSPS) is 16.1. The summed E-state index contributed by atoms with van der Waals surface area (Å²) in [6, 6.07) is 10.2. The van der Waals surface area contributed by atoms with Gasteiger partial charge in [-0.05, 0) is 61.2 Å². The lowest BCUT2D eigenvalue weighted by molar-refractivity contribution is -0.141. The number of anilines is 1. The number of esters is 1. The minimum absolute atomic E-state index is 0.119. The van der Waals surface area contributed by atoms with Crippen LogP contribution in [0.1, 0.15) is 47.2 Å². The molecule has 7 nitrogen and oxygen atoms in total. The highest BCUT2D eigenvalue weighted by Gasteiger charge is 2.31. The molecule has 1 amide bonds. The molecule has 1 fully saturated rings. The molecule has 2 aromatic carbocycles. The Morgan fingerprint density at radius 3 is 2.76 bits per heavy atom. The number of nitrogens with one attached hydrogen (secondary N) is 2. The van der Waals surface area contributed by atoms with Crippen LogP contribution < -0.4 is 10.6 Å². The first-order valence-electron chi connectivity index (χ1n) is 11.1. The van der Waals surface area contributed by atoms with Gasteiger partial charge in [-0.2, -0.15) is 13.2 Å². The summed E-state index contributed by atoms with van der Waals surface area (Å²) in [7, 11) is 0. The molecule has 1 aliphatic heterocycles. The molecule has 1 aliphatic rings. The van der Waals surface area contributed by atoms with E-state index in [1.165, 1.54) is 19.1 Å². The summed E-state index contributed by atoms with van der Waals surface area (Å²) in [5, 5.41) is 5.99. The highest BCUT2D eigenvalue weighted by atomic mass is 19.4. The maximum atomic E-state index is 13.1. The van der Waals surface area contributed by atoms with Crippen molar-refractivity contribution in [2.24, 2.45) is 0 Å². The number of benzene rings is 2. The van der Waals surface area contributed by atoms with Gasteiger partial charge in [-0.1, -0.05) is 12.1 Å². The highest BCUT2D eigenvalue weighted by Crippen LogP contribution is 2.30. The molecule has 3 aromatic rings. The molecule has 1 saturated heterocycles. The van der Waals surface area contributed by atoms with Crippen molar-refractivity contribution in [3.05, 3.63) is 59.2 Å². The van der Waals surface area contributed by atoms with Crippen LogP contribution >= 0.6 is 0 Å². The fraction of sp³-hybridized carbons (Fsp3) is 0.375. The van der Waals surface area contributed by atoms with Crippen molar-refractivity contribution in [3.8, 4) is 0 Å². The van der Waals surface area contributed by atoms with Crippen LogP contribution in [-0.4, -0.2) is 41.1 Å². The zero-order valence-electron chi connectivity index (χ0n) is 18.6. The minimum Gasteiger partial charge on any atom is -0.466 e. The van der Waals surface area contributed by atoms with E-state index in [1.54, 1.807) is 4.57 Å². The molecule has 2 heterocycles. The first-order chi connectivity index (χ1) is 16.2. The number of hydrogen-bond donors (Lipinski definition) is 2. The summed E-state index contributed by atoms with van der Waals surface area (Å²) in [6.07, 6.45) is -3.05. The first-order valence-corrected chi connectivity index (χ1v) is 11.1. The van der Waals surface area contributed by atoms with Crippen LogP contribution in [0.4, 0.5) is 19.1 Å². The molecular weight excluding hydrogens is 449 g/mol. The van der Waals surface area contributed by atoms with Crippen molar-refractivity contribution in [1.29, 1.82) is 0 Å². The molecule has 1 unspecified atom stereocenters. The monoisotopic (exact) mass is 474 g/mol. The van der Waals surface area contributed by atoms with Gasteiger partial charge in [-0.3, -0.25) is 14.9 Å². The molecule has 0 radical (unpaired) electrons. The van der Waals surface area contributed by atoms with E-state index in [9.17, 15) is 22.8 Å². The predicted molar refractivity (Wildman–Crippen MR) is 121 cm³/mol. The Bertz CT molecular complexity index is 1200. The van der Waals surface area contributed by atoms with Crippen molar-refractivity contribution in [2.45, 2.75) is 38.4 Å². The topological polar surface area (TPSA) is 85.2 Å². The van der Waals surface area contributed by atoms with Crippen LogP contribution in [0.3, 0.4) is 0 Å². The zero-order valence-corrected chi connectivity index (χ0v) is 18.6. The number of rotatable bonds is 7. The summed E-state index contributed by atoms with van der Waals surface area (Å²) in [6.45, 7) is 3.75. The standard InChI is InChI=1S/C24H25F3N4O3/c1-15(32)34-11-3-10-31-21-7-6-16(18-8-9-28-14-18)13-20(21)29-23(31)30-22(33)17-4-2-5-19(12-17)24(25,26)27/h2,4-7,12-13,18,28H,3,8-11,14H2,1H3,(H,29,30,33). The van der Waals surface area contributed by atoms with Crippen molar-refractivity contribution in [2.75, 3.05) is 25.0 Å². The molecule has 180 valence electrons. The molecule has 4 rings (SSSR count). The van der Waals surface area contributed by atoms with Gasteiger partial charge in [0, 0.05) is 25.6 Å². The average Bonchev–Trinajstić information content (AvgIpc) is 3.44. The number of aromatic nitrogens is 2. The Labute approximate surface area is 194 Å². The quantitative estimate of drug-likeness (QED) is 0.393. The number of aryl methyl sites for hydroxylation is 1. The molecule has 1 atom stereocenters. The Morgan fingerprint density at radius 2 is 2.06 bits per heavy atom. The van der Waals surface area contributed by atoms with Gasteiger partial charge < -0.3 is 14.6 Å². The van der Waals surface area contributed by atoms with Crippen molar-refractivity contribution in [1.82, 2.24) is 14.9 Å². The van der Waals surface area contributed by atoms with Gasteiger partial charge in [-0.25, -0.2) is 4.98 Å². The highest BCUT2D eigenvalue weighted by molar-refractivity contribution is 6.04. The van der Waals surface area contributed by atoms with Gasteiger partial charge in [0.05, 0.1) is 23.2 Å². The van der Waals surface area contributed by atoms with E-state index in [0.29, 0.717) is 24.4 Å². The molecule has 0 saturated carbocycles. The number of alkyl halides is 3. The molecule has 0 bridgehead atoms. The Balaban J connectivity index is 1.63. The van der Waals surface area contributed by atoms with E-state index >= 15 is 0 Å². The molecule has 0 aliphatic carbocycles. The SMILES string of the molecule is CC(=O)OCCCn1c(NC(=O)c2cccc(C(F)(F)F)c2)nc2cc(C3CCNC3)ccc21. The number of hydrogen-bond acceptors (Lipinski definition) is 5. The average molecular weight is 474 g/mol. The summed E-state index contributed by atoms with van der Waals surface area (Å²) >= 11 is 0. The summed E-state index contributed by atoms with van der Waals surface area (Å²) in [4.78, 5) is 28.4. The van der Waals surface area contributed by atoms with Gasteiger partial charge in [0.15, 0.2) is 0 Å². The number of ether oxygens (including phenoxy) is 1. The number of carbonyl (C=O) groups excluding carboxylic acids is 2. The Hall–Kier alpha value is -3.40. The van der Waals surface area contributed by atoms with E-state index in [4.69, 9.17) is 4.74 Å². The smallest absolute Gasteiger partial charge is 0.416 e. The minimum atomic E-state index is -4.55. The second-order valence-electron chi connectivity index (χ2n) is 8.25. The van der Waals surface area contributed by atoms with Crippen molar-refractivity contribution in [3.63, 3.8) is 0 Å². The van der Waals surface area contributed by atoms with Gasteiger partial charge >= 0.3 is 12.1 Å². The third-order valence-electron chi connectivity index (χ3n) is 5.81. The Kier molecular flexibility index (Phi) is 6.87.